The molecule has 1 atom stereocenters. The molecule has 1 unspecified atom stereocenters. The third kappa shape index (κ3) is 1.99. The van der Waals surface area contributed by atoms with Gasteiger partial charge in [-0.1, -0.05) is 6.92 Å². The van der Waals surface area contributed by atoms with E-state index in [0.29, 0.717) is 16.3 Å². The van der Waals surface area contributed by atoms with Gasteiger partial charge >= 0.3 is 0 Å². The SMILES string of the molecule is CCS(=O)c1nc(C)cc(C)c1C#N. The number of rotatable bonds is 2. The van der Waals surface area contributed by atoms with E-state index in [1.807, 2.05) is 26.8 Å². The summed E-state index contributed by atoms with van der Waals surface area (Å²) >= 11 is 0. The van der Waals surface area contributed by atoms with Crippen molar-refractivity contribution in [1.29, 1.82) is 5.26 Å². The minimum Gasteiger partial charge on any atom is -0.253 e. The second-order valence-corrected chi connectivity index (χ2v) is 4.66. The van der Waals surface area contributed by atoms with Gasteiger partial charge in [0, 0.05) is 11.4 Å². The van der Waals surface area contributed by atoms with Crippen LogP contribution < -0.4 is 0 Å². The van der Waals surface area contributed by atoms with Crippen molar-refractivity contribution in [3.8, 4) is 6.07 Å². The first-order chi connectivity index (χ1) is 6.60. The van der Waals surface area contributed by atoms with Crippen molar-refractivity contribution < 1.29 is 4.21 Å². The van der Waals surface area contributed by atoms with E-state index < -0.39 is 10.8 Å². The average molecular weight is 208 g/mol. The summed E-state index contributed by atoms with van der Waals surface area (Å²) in [5.74, 6) is 0.491. The second kappa shape index (κ2) is 4.34. The Morgan fingerprint density at radius 2 is 2.21 bits per heavy atom. The van der Waals surface area contributed by atoms with Crippen LogP contribution in [-0.4, -0.2) is 14.9 Å². The van der Waals surface area contributed by atoms with Crippen molar-refractivity contribution in [2.24, 2.45) is 0 Å². The predicted molar refractivity (Wildman–Crippen MR) is 55.4 cm³/mol. The lowest BCUT2D eigenvalue weighted by atomic mass is 10.1. The minimum atomic E-state index is -1.16. The highest BCUT2D eigenvalue weighted by atomic mass is 32.2. The Balaban J connectivity index is 3.41. The molecular formula is C10H12N2OS. The molecule has 0 spiro atoms. The molecule has 0 saturated heterocycles. The molecule has 0 aromatic carbocycles. The van der Waals surface area contributed by atoms with Crippen molar-refractivity contribution in [3.05, 3.63) is 22.9 Å². The molecular weight excluding hydrogens is 196 g/mol. The maximum atomic E-state index is 11.6. The van der Waals surface area contributed by atoms with Crippen molar-refractivity contribution in [2.75, 3.05) is 5.75 Å². The van der Waals surface area contributed by atoms with Crippen molar-refractivity contribution in [3.63, 3.8) is 0 Å². The third-order valence-electron chi connectivity index (χ3n) is 1.90. The van der Waals surface area contributed by atoms with Gasteiger partial charge in [0.15, 0.2) is 0 Å². The lowest BCUT2D eigenvalue weighted by Gasteiger charge is -2.05. The van der Waals surface area contributed by atoms with Crippen molar-refractivity contribution in [2.45, 2.75) is 25.8 Å². The molecule has 4 heteroatoms. The summed E-state index contributed by atoms with van der Waals surface area (Å²) in [7, 11) is -1.16. The quantitative estimate of drug-likeness (QED) is 0.743. The Kier molecular flexibility index (Phi) is 3.37. The van der Waals surface area contributed by atoms with Gasteiger partial charge in [-0.25, -0.2) is 4.98 Å². The molecule has 0 bridgehead atoms. The van der Waals surface area contributed by atoms with E-state index in [1.54, 1.807) is 0 Å². The smallest absolute Gasteiger partial charge is 0.145 e. The van der Waals surface area contributed by atoms with Crippen LogP contribution in [0.3, 0.4) is 0 Å². The molecule has 0 amide bonds. The first-order valence-electron chi connectivity index (χ1n) is 4.36. The number of nitrogens with zero attached hydrogens (tertiary/aromatic N) is 2. The molecule has 1 aromatic heterocycles. The maximum Gasteiger partial charge on any atom is 0.145 e. The van der Waals surface area contributed by atoms with E-state index in [0.717, 1.165) is 11.3 Å². The molecule has 1 heterocycles. The van der Waals surface area contributed by atoms with E-state index in [2.05, 4.69) is 11.1 Å². The summed E-state index contributed by atoms with van der Waals surface area (Å²) in [5.41, 5.74) is 2.10. The van der Waals surface area contributed by atoms with E-state index in [-0.39, 0.29) is 0 Å². The van der Waals surface area contributed by atoms with Gasteiger partial charge in [-0.2, -0.15) is 5.26 Å². The fourth-order valence-corrected chi connectivity index (χ4v) is 2.19. The number of aromatic nitrogens is 1. The summed E-state index contributed by atoms with van der Waals surface area (Å²) in [4.78, 5) is 4.15. The van der Waals surface area contributed by atoms with E-state index in [4.69, 9.17) is 5.26 Å². The van der Waals surface area contributed by atoms with Gasteiger partial charge in [0.2, 0.25) is 0 Å². The zero-order valence-corrected chi connectivity index (χ0v) is 9.31. The lowest BCUT2D eigenvalue weighted by molar-refractivity contribution is 0.680. The molecule has 0 aliphatic rings. The van der Waals surface area contributed by atoms with Gasteiger partial charge < -0.3 is 0 Å². The third-order valence-corrected chi connectivity index (χ3v) is 3.15. The van der Waals surface area contributed by atoms with Crippen LogP contribution in [0.5, 0.6) is 0 Å². The number of aryl methyl sites for hydroxylation is 2. The van der Waals surface area contributed by atoms with Gasteiger partial charge in [0.05, 0.1) is 16.4 Å². The summed E-state index contributed by atoms with van der Waals surface area (Å²) in [6.45, 7) is 5.49. The molecule has 74 valence electrons. The Bertz CT molecular complexity index is 421. The fourth-order valence-electron chi connectivity index (χ4n) is 1.24. The molecule has 3 nitrogen and oxygen atoms in total. The van der Waals surface area contributed by atoms with Crippen LogP contribution in [0.15, 0.2) is 11.1 Å². The zero-order valence-electron chi connectivity index (χ0n) is 8.50. The van der Waals surface area contributed by atoms with Gasteiger partial charge in [0.25, 0.3) is 0 Å². The molecule has 14 heavy (non-hydrogen) atoms. The van der Waals surface area contributed by atoms with Gasteiger partial charge in [0.1, 0.15) is 11.1 Å². The molecule has 0 fully saturated rings. The van der Waals surface area contributed by atoms with E-state index in [1.165, 1.54) is 0 Å². The first kappa shape index (κ1) is 10.9. The van der Waals surface area contributed by atoms with Crippen LogP contribution in [0, 0.1) is 25.2 Å². The van der Waals surface area contributed by atoms with Crippen LogP contribution in [0.1, 0.15) is 23.7 Å². The van der Waals surface area contributed by atoms with Crippen LogP contribution in [0.4, 0.5) is 0 Å². The topological polar surface area (TPSA) is 53.8 Å². The van der Waals surface area contributed by atoms with Gasteiger partial charge in [-0.05, 0) is 25.5 Å². The van der Waals surface area contributed by atoms with E-state index >= 15 is 0 Å². The number of hydrogen-bond acceptors (Lipinski definition) is 3. The van der Waals surface area contributed by atoms with Crippen LogP contribution >= 0.6 is 0 Å². The monoisotopic (exact) mass is 208 g/mol. The maximum absolute atomic E-state index is 11.6. The first-order valence-corrected chi connectivity index (χ1v) is 5.68. The van der Waals surface area contributed by atoms with Crippen LogP contribution in [0.25, 0.3) is 0 Å². The number of pyridine rings is 1. The number of hydrogen-bond donors (Lipinski definition) is 0. The fraction of sp³-hybridized carbons (Fsp3) is 0.400. The van der Waals surface area contributed by atoms with Crippen molar-refractivity contribution >= 4 is 10.8 Å². The zero-order chi connectivity index (χ0) is 10.7. The summed E-state index contributed by atoms with van der Waals surface area (Å²) in [5, 5.41) is 9.33. The van der Waals surface area contributed by atoms with Crippen LogP contribution in [-0.2, 0) is 10.8 Å². The van der Waals surface area contributed by atoms with Gasteiger partial charge in [-0.15, -0.1) is 0 Å². The highest BCUT2D eigenvalue weighted by Gasteiger charge is 2.12. The van der Waals surface area contributed by atoms with Crippen LogP contribution in [0.2, 0.25) is 0 Å². The highest BCUT2D eigenvalue weighted by Crippen LogP contribution is 2.16. The second-order valence-electron chi connectivity index (χ2n) is 3.01. The van der Waals surface area contributed by atoms with Crippen molar-refractivity contribution in [1.82, 2.24) is 4.98 Å². The lowest BCUT2D eigenvalue weighted by Crippen LogP contribution is -2.04. The molecule has 0 aliphatic heterocycles. The standard InChI is InChI=1S/C10H12N2OS/c1-4-14(13)10-9(6-11)7(2)5-8(3)12-10/h5H,4H2,1-3H3. The molecule has 1 aromatic rings. The Labute approximate surface area is 86.2 Å². The normalized spacial score (nSPS) is 12.1. The largest absolute Gasteiger partial charge is 0.253 e. The Hall–Kier alpha value is -1.21. The molecule has 0 N–H and O–H groups in total. The molecule has 0 saturated carbocycles. The summed E-state index contributed by atoms with van der Waals surface area (Å²) in [6, 6.07) is 3.88. The molecule has 0 radical (unpaired) electrons. The minimum absolute atomic E-state index is 0.424. The molecule has 1 rings (SSSR count). The van der Waals surface area contributed by atoms with Gasteiger partial charge in [-0.3, -0.25) is 4.21 Å². The highest BCUT2D eigenvalue weighted by molar-refractivity contribution is 7.85. The number of nitriles is 1. The summed E-state index contributed by atoms with van der Waals surface area (Å²) in [6.07, 6.45) is 0. The molecule has 0 aliphatic carbocycles. The predicted octanol–water partition coefficient (Wildman–Crippen LogP) is 1.70. The average Bonchev–Trinajstić information content (AvgIpc) is 2.15. The Morgan fingerprint density at radius 3 is 2.71 bits per heavy atom. The summed E-state index contributed by atoms with van der Waals surface area (Å²) < 4.78 is 11.6. The van der Waals surface area contributed by atoms with E-state index in [9.17, 15) is 4.21 Å². The Morgan fingerprint density at radius 1 is 1.57 bits per heavy atom.